The highest BCUT2D eigenvalue weighted by atomic mass is 16.4. The quantitative estimate of drug-likeness (QED) is 0.864. The first-order chi connectivity index (χ1) is 9.97. The number of amides is 2. The maximum Gasteiger partial charge on any atom is 0.354 e. The van der Waals surface area contributed by atoms with E-state index in [0.717, 1.165) is 0 Å². The number of nitrogens with zero attached hydrogens (tertiary/aromatic N) is 2. The van der Waals surface area contributed by atoms with E-state index in [0.29, 0.717) is 31.6 Å². The van der Waals surface area contributed by atoms with E-state index in [1.54, 1.807) is 11.0 Å². The van der Waals surface area contributed by atoms with E-state index < -0.39 is 5.97 Å². The van der Waals surface area contributed by atoms with Crippen LogP contribution in [0.3, 0.4) is 0 Å². The SMILES string of the molecule is CC(=O)N1CCC(C(=O)Nc2ccnc(C(=O)O)c2)CC1. The zero-order chi connectivity index (χ0) is 15.4. The lowest BCUT2D eigenvalue weighted by molar-refractivity contribution is -0.132. The van der Waals surface area contributed by atoms with Crippen molar-refractivity contribution in [2.75, 3.05) is 18.4 Å². The van der Waals surface area contributed by atoms with Gasteiger partial charge in [0.25, 0.3) is 0 Å². The lowest BCUT2D eigenvalue weighted by Gasteiger charge is -2.30. The number of rotatable bonds is 3. The molecule has 112 valence electrons. The zero-order valence-electron chi connectivity index (χ0n) is 11.7. The number of carboxylic acids is 1. The Morgan fingerprint density at radius 2 is 2.00 bits per heavy atom. The van der Waals surface area contributed by atoms with E-state index in [9.17, 15) is 14.4 Å². The van der Waals surface area contributed by atoms with Crippen LogP contribution >= 0.6 is 0 Å². The third kappa shape index (κ3) is 3.77. The molecule has 0 spiro atoms. The fourth-order valence-electron chi connectivity index (χ4n) is 2.33. The number of pyridine rings is 1. The Hall–Kier alpha value is -2.44. The second kappa shape index (κ2) is 6.34. The first-order valence-corrected chi connectivity index (χ1v) is 6.73. The number of aromatic nitrogens is 1. The van der Waals surface area contributed by atoms with Crippen molar-refractivity contribution in [1.29, 1.82) is 0 Å². The maximum absolute atomic E-state index is 12.1. The van der Waals surface area contributed by atoms with E-state index in [4.69, 9.17) is 5.11 Å². The summed E-state index contributed by atoms with van der Waals surface area (Å²) in [5.74, 6) is -1.43. The summed E-state index contributed by atoms with van der Waals surface area (Å²) in [5, 5.41) is 11.6. The van der Waals surface area contributed by atoms with Crippen LogP contribution < -0.4 is 5.32 Å². The summed E-state index contributed by atoms with van der Waals surface area (Å²) in [5.41, 5.74) is 0.306. The van der Waals surface area contributed by atoms with Gasteiger partial charge in [0.05, 0.1) is 0 Å². The van der Waals surface area contributed by atoms with Crippen molar-refractivity contribution in [3.63, 3.8) is 0 Å². The molecule has 0 aliphatic carbocycles. The zero-order valence-corrected chi connectivity index (χ0v) is 11.7. The van der Waals surface area contributed by atoms with Gasteiger partial charge < -0.3 is 15.3 Å². The lowest BCUT2D eigenvalue weighted by atomic mass is 9.96. The predicted molar refractivity (Wildman–Crippen MR) is 74.8 cm³/mol. The third-order valence-corrected chi connectivity index (χ3v) is 3.56. The van der Waals surface area contributed by atoms with Gasteiger partial charge in [0.1, 0.15) is 5.69 Å². The highest BCUT2D eigenvalue weighted by molar-refractivity contribution is 5.94. The fourth-order valence-corrected chi connectivity index (χ4v) is 2.33. The molecule has 1 aromatic heterocycles. The van der Waals surface area contributed by atoms with Crippen LogP contribution in [0.1, 0.15) is 30.3 Å². The van der Waals surface area contributed by atoms with E-state index >= 15 is 0 Å². The molecule has 2 amide bonds. The minimum atomic E-state index is -1.14. The molecule has 7 nitrogen and oxygen atoms in total. The van der Waals surface area contributed by atoms with Crippen LogP contribution in [-0.4, -0.2) is 45.9 Å². The lowest BCUT2D eigenvalue weighted by Crippen LogP contribution is -2.40. The van der Waals surface area contributed by atoms with Crippen LogP contribution in [0.25, 0.3) is 0 Å². The van der Waals surface area contributed by atoms with Gasteiger partial charge in [-0.25, -0.2) is 9.78 Å². The number of hydrogen-bond acceptors (Lipinski definition) is 4. The molecule has 1 aliphatic heterocycles. The molecular formula is C14H17N3O4. The molecule has 21 heavy (non-hydrogen) atoms. The number of piperidine rings is 1. The molecule has 2 N–H and O–H groups in total. The van der Waals surface area contributed by atoms with E-state index in [1.807, 2.05) is 0 Å². The van der Waals surface area contributed by atoms with Gasteiger partial charge in [-0.3, -0.25) is 9.59 Å². The van der Waals surface area contributed by atoms with Gasteiger partial charge in [0.2, 0.25) is 11.8 Å². The molecule has 1 aliphatic rings. The molecule has 0 bridgehead atoms. The van der Waals surface area contributed by atoms with Crippen LogP contribution in [0.4, 0.5) is 5.69 Å². The Morgan fingerprint density at radius 3 is 2.57 bits per heavy atom. The van der Waals surface area contributed by atoms with Crippen molar-refractivity contribution in [1.82, 2.24) is 9.88 Å². The van der Waals surface area contributed by atoms with Gasteiger partial charge in [-0.15, -0.1) is 0 Å². The molecule has 0 atom stereocenters. The molecule has 0 unspecified atom stereocenters. The van der Waals surface area contributed by atoms with Crippen LogP contribution in [0.5, 0.6) is 0 Å². The van der Waals surface area contributed by atoms with Gasteiger partial charge in [-0.2, -0.15) is 0 Å². The summed E-state index contributed by atoms with van der Waals surface area (Å²) in [6.45, 7) is 2.67. The number of carbonyl (C=O) groups excluding carboxylic acids is 2. The Balaban J connectivity index is 1.95. The van der Waals surface area contributed by atoms with Crippen LogP contribution in [0, 0.1) is 5.92 Å². The number of likely N-dealkylation sites (tertiary alicyclic amines) is 1. The summed E-state index contributed by atoms with van der Waals surface area (Å²) in [6.07, 6.45) is 2.57. The summed E-state index contributed by atoms with van der Waals surface area (Å²) in [6, 6.07) is 2.87. The summed E-state index contributed by atoms with van der Waals surface area (Å²) < 4.78 is 0. The summed E-state index contributed by atoms with van der Waals surface area (Å²) >= 11 is 0. The second-order valence-electron chi connectivity index (χ2n) is 5.00. The Kier molecular flexibility index (Phi) is 4.52. The van der Waals surface area contributed by atoms with Crippen molar-refractivity contribution >= 4 is 23.5 Å². The first kappa shape index (κ1) is 15.0. The van der Waals surface area contributed by atoms with Crippen LogP contribution in [0.15, 0.2) is 18.3 Å². The number of nitrogens with one attached hydrogen (secondary N) is 1. The fraction of sp³-hybridized carbons (Fsp3) is 0.429. The molecule has 7 heteroatoms. The predicted octanol–water partition coefficient (Wildman–Crippen LogP) is 0.977. The van der Waals surface area contributed by atoms with Gasteiger partial charge in [0, 0.05) is 37.8 Å². The number of carbonyl (C=O) groups is 3. The van der Waals surface area contributed by atoms with Crippen LogP contribution in [0.2, 0.25) is 0 Å². The molecule has 2 heterocycles. The molecule has 2 rings (SSSR count). The third-order valence-electron chi connectivity index (χ3n) is 3.56. The van der Waals surface area contributed by atoms with E-state index in [2.05, 4.69) is 10.3 Å². The number of aromatic carboxylic acids is 1. The average Bonchev–Trinajstić information content (AvgIpc) is 2.47. The summed E-state index contributed by atoms with van der Waals surface area (Å²) in [4.78, 5) is 39.6. The number of hydrogen-bond donors (Lipinski definition) is 2. The van der Waals surface area contributed by atoms with Gasteiger partial charge in [-0.05, 0) is 25.0 Å². The first-order valence-electron chi connectivity index (χ1n) is 6.73. The van der Waals surface area contributed by atoms with Crippen molar-refractivity contribution in [2.24, 2.45) is 5.92 Å². The number of anilines is 1. The number of carboxylic acid groups (broad SMARTS) is 1. The van der Waals surface area contributed by atoms with Gasteiger partial charge in [0.15, 0.2) is 0 Å². The highest BCUT2D eigenvalue weighted by Crippen LogP contribution is 2.19. The Labute approximate surface area is 122 Å². The van der Waals surface area contributed by atoms with E-state index in [1.165, 1.54) is 19.2 Å². The van der Waals surface area contributed by atoms with Gasteiger partial charge in [-0.1, -0.05) is 0 Å². The standard InChI is InChI=1S/C14H17N3O4/c1-9(18)17-6-3-10(4-7-17)13(19)16-11-2-5-15-12(8-11)14(20)21/h2,5,8,10H,3-4,6-7H2,1H3,(H,20,21)(H,15,16,19). The van der Waals surface area contributed by atoms with Gasteiger partial charge >= 0.3 is 5.97 Å². The topological polar surface area (TPSA) is 99.6 Å². The minimum Gasteiger partial charge on any atom is -0.477 e. The molecular weight excluding hydrogens is 274 g/mol. The minimum absolute atomic E-state index is 0.0223. The Bertz CT molecular complexity index is 565. The highest BCUT2D eigenvalue weighted by Gasteiger charge is 2.26. The van der Waals surface area contributed by atoms with Crippen molar-refractivity contribution < 1.29 is 19.5 Å². The summed E-state index contributed by atoms with van der Waals surface area (Å²) in [7, 11) is 0. The maximum atomic E-state index is 12.1. The average molecular weight is 291 g/mol. The van der Waals surface area contributed by atoms with E-state index in [-0.39, 0.29) is 23.4 Å². The largest absolute Gasteiger partial charge is 0.477 e. The smallest absolute Gasteiger partial charge is 0.354 e. The molecule has 1 aromatic rings. The van der Waals surface area contributed by atoms with Crippen molar-refractivity contribution in [3.05, 3.63) is 24.0 Å². The molecule has 0 saturated carbocycles. The van der Waals surface area contributed by atoms with Crippen LogP contribution in [-0.2, 0) is 9.59 Å². The molecule has 0 aromatic carbocycles. The monoisotopic (exact) mass is 291 g/mol. The second-order valence-corrected chi connectivity index (χ2v) is 5.00. The normalized spacial score (nSPS) is 15.6. The molecule has 1 fully saturated rings. The van der Waals surface area contributed by atoms with Crippen molar-refractivity contribution in [3.8, 4) is 0 Å². The van der Waals surface area contributed by atoms with Crippen molar-refractivity contribution in [2.45, 2.75) is 19.8 Å². The Morgan fingerprint density at radius 1 is 1.33 bits per heavy atom. The molecule has 1 saturated heterocycles. The molecule has 0 radical (unpaired) electrons.